The van der Waals surface area contributed by atoms with E-state index in [0.717, 1.165) is 46.8 Å². The van der Waals surface area contributed by atoms with Crippen molar-refractivity contribution in [3.63, 3.8) is 0 Å². The lowest BCUT2D eigenvalue weighted by Gasteiger charge is -2.30. The number of hydrogen-bond acceptors (Lipinski definition) is 6. The maximum Gasteiger partial charge on any atom is 0.178 e. The molecule has 1 aliphatic heterocycles. The van der Waals surface area contributed by atoms with Crippen LogP contribution in [0.25, 0.3) is 21.5 Å². The molecule has 6 heteroatoms. The number of hydrogen-bond donors (Lipinski definition) is 1. The Morgan fingerprint density at radius 1 is 1.14 bits per heavy atom. The molecular weight excluding hydrogens is 384 g/mol. The van der Waals surface area contributed by atoms with Gasteiger partial charge in [0.1, 0.15) is 28.9 Å². The van der Waals surface area contributed by atoms with Gasteiger partial charge in [-0.2, -0.15) is 0 Å². The van der Waals surface area contributed by atoms with Gasteiger partial charge < -0.3 is 14.4 Å². The molecule has 0 amide bonds. The van der Waals surface area contributed by atoms with Crippen LogP contribution >= 0.6 is 11.3 Å². The molecule has 2 aromatic heterocycles. The molecule has 148 valence electrons. The second-order valence-corrected chi connectivity index (χ2v) is 8.31. The van der Waals surface area contributed by atoms with E-state index >= 15 is 0 Å². The first-order valence-electron chi connectivity index (χ1n) is 9.79. The fourth-order valence-electron chi connectivity index (χ4n) is 3.85. The van der Waals surface area contributed by atoms with Crippen molar-refractivity contribution in [2.45, 2.75) is 19.1 Å². The van der Waals surface area contributed by atoms with Gasteiger partial charge in [-0.25, -0.2) is 0 Å². The standard InChI is InChI=1S/C23H22N2O3S/c26-19(14-25-10-8-16-4-1-2-5-18(16)13-25)15-27-20-7-3-6-17(12-20)22-23-21(28-24-22)9-11-29-23/h1-7,9,11-12,19,26H,8,10,13-15H2/t19-/m1/s1. The summed E-state index contributed by atoms with van der Waals surface area (Å²) >= 11 is 1.61. The highest BCUT2D eigenvalue weighted by Gasteiger charge is 2.19. The average Bonchev–Trinajstić information content (AvgIpc) is 3.36. The quantitative estimate of drug-likeness (QED) is 0.516. The minimum absolute atomic E-state index is 0.259. The smallest absolute Gasteiger partial charge is 0.178 e. The van der Waals surface area contributed by atoms with E-state index < -0.39 is 6.10 Å². The third-order valence-electron chi connectivity index (χ3n) is 5.31. The van der Waals surface area contributed by atoms with Crippen LogP contribution < -0.4 is 4.74 Å². The molecule has 5 rings (SSSR count). The summed E-state index contributed by atoms with van der Waals surface area (Å²) < 4.78 is 12.3. The first-order chi connectivity index (χ1) is 14.3. The maximum absolute atomic E-state index is 10.5. The molecule has 0 saturated heterocycles. The van der Waals surface area contributed by atoms with Crippen molar-refractivity contribution in [2.75, 3.05) is 19.7 Å². The average molecular weight is 407 g/mol. The molecule has 1 N–H and O–H groups in total. The Labute approximate surface area is 173 Å². The summed E-state index contributed by atoms with van der Waals surface area (Å²) in [6.45, 7) is 2.71. The number of thiophene rings is 1. The first-order valence-corrected chi connectivity index (χ1v) is 10.7. The fraction of sp³-hybridized carbons (Fsp3) is 0.261. The van der Waals surface area contributed by atoms with E-state index in [1.54, 1.807) is 11.3 Å². The van der Waals surface area contributed by atoms with E-state index in [2.05, 4.69) is 34.3 Å². The van der Waals surface area contributed by atoms with E-state index in [1.165, 1.54) is 11.1 Å². The third-order valence-corrected chi connectivity index (χ3v) is 6.21. The summed E-state index contributed by atoms with van der Waals surface area (Å²) in [7, 11) is 0. The van der Waals surface area contributed by atoms with Crippen molar-refractivity contribution in [1.82, 2.24) is 10.1 Å². The fourth-order valence-corrected chi connectivity index (χ4v) is 4.66. The topological polar surface area (TPSA) is 58.7 Å². The predicted molar refractivity (Wildman–Crippen MR) is 114 cm³/mol. The zero-order valence-electron chi connectivity index (χ0n) is 16.0. The Bertz CT molecular complexity index is 1120. The van der Waals surface area contributed by atoms with Crippen LogP contribution in [0.3, 0.4) is 0 Å². The lowest BCUT2D eigenvalue weighted by Crippen LogP contribution is -2.38. The number of β-amino-alcohol motifs (C(OH)–C–C–N with tert-alkyl or cyclic N) is 1. The number of benzene rings is 2. The number of aliphatic hydroxyl groups is 1. The summed E-state index contributed by atoms with van der Waals surface area (Å²) in [5.41, 5.74) is 5.35. The minimum Gasteiger partial charge on any atom is -0.491 e. The zero-order valence-corrected chi connectivity index (χ0v) is 16.8. The van der Waals surface area contributed by atoms with Gasteiger partial charge >= 0.3 is 0 Å². The van der Waals surface area contributed by atoms with E-state index in [4.69, 9.17) is 9.26 Å². The van der Waals surface area contributed by atoms with Gasteiger partial charge in [-0.05, 0) is 41.1 Å². The Morgan fingerprint density at radius 2 is 2.03 bits per heavy atom. The largest absolute Gasteiger partial charge is 0.491 e. The number of rotatable bonds is 6. The molecule has 0 aliphatic carbocycles. The van der Waals surface area contributed by atoms with Crippen LogP contribution in [0.4, 0.5) is 0 Å². The summed E-state index contributed by atoms with van der Waals surface area (Å²) in [5.74, 6) is 0.721. The second kappa shape index (κ2) is 7.99. The zero-order chi connectivity index (χ0) is 19.6. The molecule has 3 heterocycles. The van der Waals surface area contributed by atoms with Gasteiger partial charge in [-0.1, -0.05) is 41.6 Å². The molecule has 0 radical (unpaired) electrons. The molecule has 1 atom stereocenters. The maximum atomic E-state index is 10.5. The number of nitrogens with zero attached hydrogens (tertiary/aromatic N) is 2. The Balaban J connectivity index is 1.20. The SMILES string of the molecule is O[C@@H](COc1cccc(-c2noc3ccsc23)c1)CN1CCc2ccccc2C1. The van der Waals surface area contributed by atoms with Gasteiger partial charge in [0.2, 0.25) is 0 Å². The summed E-state index contributed by atoms with van der Waals surface area (Å²) in [6.07, 6.45) is 0.487. The Kier molecular flexibility index (Phi) is 5.06. The molecule has 29 heavy (non-hydrogen) atoms. The normalized spacial score (nSPS) is 15.3. The molecule has 1 aliphatic rings. The van der Waals surface area contributed by atoms with E-state index in [1.807, 2.05) is 35.7 Å². The molecule has 0 unspecified atom stereocenters. The highest BCUT2D eigenvalue weighted by Crippen LogP contribution is 2.33. The van der Waals surface area contributed by atoms with E-state index in [9.17, 15) is 5.11 Å². The van der Waals surface area contributed by atoms with Crippen LogP contribution in [0.5, 0.6) is 5.75 Å². The molecule has 0 bridgehead atoms. The molecule has 0 fully saturated rings. The van der Waals surface area contributed by atoms with Crippen molar-refractivity contribution < 1.29 is 14.4 Å². The van der Waals surface area contributed by atoms with Gasteiger partial charge in [-0.15, -0.1) is 11.3 Å². The van der Waals surface area contributed by atoms with Gasteiger partial charge in [-0.3, -0.25) is 4.90 Å². The highest BCUT2D eigenvalue weighted by atomic mass is 32.1. The lowest BCUT2D eigenvalue weighted by molar-refractivity contribution is 0.0638. The highest BCUT2D eigenvalue weighted by molar-refractivity contribution is 7.17. The molecule has 5 nitrogen and oxygen atoms in total. The molecule has 2 aromatic carbocycles. The second-order valence-electron chi connectivity index (χ2n) is 7.39. The van der Waals surface area contributed by atoms with Gasteiger partial charge in [0.15, 0.2) is 5.58 Å². The number of ether oxygens (including phenoxy) is 1. The molecule has 4 aromatic rings. The Hall–Kier alpha value is -2.67. The van der Waals surface area contributed by atoms with E-state index in [0.29, 0.717) is 6.54 Å². The van der Waals surface area contributed by atoms with Gasteiger partial charge in [0.25, 0.3) is 0 Å². The van der Waals surface area contributed by atoms with Crippen molar-refractivity contribution in [3.05, 3.63) is 71.1 Å². The summed E-state index contributed by atoms with van der Waals surface area (Å²) in [4.78, 5) is 2.29. The Morgan fingerprint density at radius 3 is 2.97 bits per heavy atom. The third kappa shape index (κ3) is 3.92. The lowest BCUT2D eigenvalue weighted by atomic mass is 10.00. The van der Waals surface area contributed by atoms with Crippen LogP contribution in [0, 0.1) is 0 Å². The van der Waals surface area contributed by atoms with Crippen molar-refractivity contribution in [1.29, 1.82) is 0 Å². The minimum atomic E-state index is -0.542. The van der Waals surface area contributed by atoms with E-state index in [-0.39, 0.29) is 6.61 Å². The molecular formula is C23H22N2O3S. The van der Waals surface area contributed by atoms with Crippen LogP contribution in [-0.2, 0) is 13.0 Å². The first kappa shape index (κ1) is 18.4. The molecule has 0 spiro atoms. The van der Waals surface area contributed by atoms with Gasteiger partial charge in [0, 0.05) is 25.2 Å². The van der Waals surface area contributed by atoms with Crippen molar-refractivity contribution in [3.8, 4) is 17.0 Å². The summed E-state index contributed by atoms with van der Waals surface area (Å²) in [5, 5.41) is 16.7. The number of aromatic nitrogens is 1. The van der Waals surface area contributed by atoms with Gasteiger partial charge in [0.05, 0.1) is 0 Å². The summed E-state index contributed by atoms with van der Waals surface area (Å²) in [6, 6.07) is 18.2. The molecule has 0 saturated carbocycles. The van der Waals surface area contributed by atoms with Crippen LogP contribution in [0.1, 0.15) is 11.1 Å². The monoisotopic (exact) mass is 406 g/mol. The number of fused-ring (bicyclic) bond motifs is 2. The van der Waals surface area contributed by atoms with Crippen LogP contribution in [0.2, 0.25) is 0 Å². The number of aliphatic hydroxyl groups excluding tert-OH is 1. The van der Waals surface area contributed by atoms with Crippen LogP contribution in [0.15, 0.2) is 64.5 Å². The van der Waals surface area contributed by atoms with Crippen molar-refractivity contribution in [2.24, 2.45) is 0 Å². The van der Waals surface area contributed by atoms with Crippen LogP contribution in [-0.4, -0.2) is 41.0 Å². The predicted octanol–water partition coefficient (Wildman–Crippen LogP) is 4.35. The van der Waals surface area contributed by atoms with Crippen molar-refractivity contribution >= 4 is 21.6 Å².